The van der Waals surface area contributed by atoms with E-state index in [-0.39, 0.29) is 6.04 Å². The number of rotatable bonds is 4. The van der Waals surface area contributed by atoms with E-state index in [1.54, 1.807) is 11.3 Å². The van der Waals surface area contributed by atoms with E-state index >= 15 is 0 Å². The zero-order valence-electron chi connectivity index (χ0n) is 11.5. The molecule has 1 aromatic carbocycles. The number of nitrogens with two attached hydrogens (primary N) is 1. The molecule has 3 N–H and O–H groups in total. The Labute approximate surface area is 128 Å². The minimum Gasteiger partial charge on any atom is -0.271 e. The monoisotopic (exact) mass is 306 g/mol. The molecule has 1 unspecified atom stereocenters. The molecular weight excluding hydrogens is 288 g/mol. The van der Waals surface area contributed by atoms with Crippen molar-refractivity contribution >= 4 is 22.9 Å². The molecule has 2 aromatic rings. The molecule has 0 bridgehead atoms. The molecule has 0 radical (unpaired) electrons. The second-order valence-corrected chi connectivity index (χ2v) is 6.78. The van der Waals surface area contributed by atoms with E-state index in [2.05, 4.69) is 35.1 Å². The number of thiophene rings is 1. The van der Waals surface area contributed by atoms with Crippen LogP contribution in [0.4, 0.5) is 0 Å². The maximum Gasteiger partial charge on any atom is 0.0817 e. The highest BCUT2D eigenvalue weighted by Gasteiger charge is 2.21. The van der Waals surface area contributed by atoms with Gasteiger partial charge in [-0.1, -0.05) is 42.3 Å². The highest BCUT2D eigenvalue weighted by atomic mass is 35.5. The van der Waals surface area contributed by atoms with Gasteiger partial charge < -0.3 is 0 Å². The van der Waals surface area contributed by atoms with E-state index < -0.39 is 0 Å². The highest BCUT2D eigenvalue weighted by Crippen LogP contribution is 2.38. The van der Waals surface area contributed by atoms with E-state index in [1.165, 1.54) is 30.4 Å². The molecule has 4 heteroatoms. The summed E-state index contributed by atoms with van der Waals surface area (Å²) in [6.07, 6.45) is 4.02. The fourth-order valence-electron chi connectivity index (χ4n) is 2.67. The fraction of sp³-hybridized carbons (Fsp3) is 0.375. The smallest absolute Gasteiger partial charge is 0.0817 e. The topological polar surface area (TPSA) is 38.0 Å². The van der Waals surface area contributed by atoms with Gasteiger partial charge in [0.2, 0.25) is 0 Å². The SMILES string of the molecule is Cc1csc(C(NN)c2ccc(C3CCC3)cc2)c1Cl. The molecule has 1 heterocycles. The Balaban J connectivity index is 1.87. The average Bonchev–Trinajstić information content (AvgIpc) is 2.72. The highest BCUT2D eigenvalue weighted by molar-refractivity contribution is 7.10. The summed E-state index contributed by atoms with van der Waals surface area (Å²) in [6.45, 7) is 2.02. The summed E-state index contributed by atoms with van der Waals surface area (Å²) in [5, 5.41) is 2.89. The summed E-state index contributed by atoms with van der Waals surface area (Å²) in [5.74, 6) is 6.51. The maximum atomic E-state index is 6.36. The summed E-state index contributed by atoms with van der Waals surface area (Å²) in [4.78, 5) is 1.09. The van der Waals surface area contributed by atoms with Gasteiger partial charge in [0.15, 0.2) is 0 Å². The van der Waals surface area contributed by atoms with Crippen molar-refractivity contribution in [2.24, 2.45) is 5.84 Å². The van der Waals surface area contributed by atoms with Crippen molar-refractivity contribution in [2.45, 2.75) is 38.1 Å². The van der Waals surface area contributed by atoms with Crippen molar-refractivity contribution in [1.29, 1.82) is 0 Å². The first-order valence-electron chi connectivity index (χ1n) is 7.00. The summed E-state index contributed by atoms with van der Waals surface area (Å²) in [5.41, 5.74) is 6.62. The number of benzene rings is 1. The number of hydrazine groups is 1. The van der Waals surface area contributed by atoms with Gasteiger partial charge in [-0.05, 0) is 47.8 Å². The van der Waals surface area contributed by atoms with Crippen molar-refractivity contribution in [2.75, 3.05) is 0 Å². The van der Waals surface area contributed by atoms with Crippen molar-refractivity contribution in [1.82, 2.24) is 5.43 Å². The number of aryl methyl sites for hydroxylation is 1. The van der Waals surface area contributed by atoms with Gasteiger partial charge in [-0.2, -0.15) is 0 Å². The summed E-state index contributed by atoms with van der Waals surface area (Å²) < 4.78 is 0. The molecular formula is C16H19ClN2S. The molecule has 1 fully saturated rings. The summed E-state index contributed by atoms with van der Waals surface area (Å²) >= 11 is 8.02. The number of halogens is 1. The minimum atomic E-state index is -0.0309. The maximum absolute atomic E-state index is 6.36. The van der Waals surface area contributed by atoms with Gasteiger partial charge in [0, 0.05) is 4.88 Å². The third kappa shape index (κ3) is 2.51. The average molecular weight is 307 g/mol. The first-order chi connectivity index (χ1) is 9.70. The van der Waals surface area contributed by atoms with Crippen molar-refractivity contribution in [3.05, 3.63) is 56.2 Å². The lowest BCUT2D eigenvalue weighted by Crippen LogP contribution is -2.28. The predicted octanol–water partition coefficient (Wildman–Crippen LogP) is 4.53. The third-order valence-corrected chi connectivity index (χ3v) is 5.98. The van der Waals surface area contributed by atoms with Gasteiger partial charge in [0.1, 0.15) is 0 Å². The zero-order valence-corrected chi connectivity index (χ0v) is 13.1. The molecule has 106 valence electrons. The zero-order chi connectivity index (χ0) is 14.1. The number of nitrogens with one attached hydrogen (secondary N) is 1. The first-order valence-corrected chi connectivity index (χ1v) is 8.26. The van der Waals surface area contributed by atoms with Gasteiger partial charge in [0.25, 0.3) is 0 Å². The van der Waals surface area contributed by atoms with Crippen LogP contribution in [-0.2, 0) is 0 Å². The molecule has 1 atom stereocenters. The molecule has 0 saturated heterocycles. The van der Waals surface area contributed by atoms with Gasteiger partial charge in [-0.15, -0.1) is 11.3 Å². The van der Waals surface area contributed by atoms with E-state index in [0.29, 0.717) is 0 Å². The Morgan fingerprint density at radius 2 is 2.00 bits per heavy atom. The van der Waals surface area contributed by atoms with Gasteiger partial charge in [0.05, 0.1) is 11.1 Å². The van der Waals surface area contributed by atoms with Crippen LogP contribution in [0.5, 0.6) is 0 Å². The van der Waals surface area contributed by atoms with Gasteiger partial charge in [-0.3, -0.25) is 5.84 Å². The third-order valence-electron chi connectivity index (χ3n) is 4.20. The molecule has 0 aliphatic heterocycles. The quantitative estimate of drug-likeness (QED) is 0.643. The van der Waals surface area contributed by atoms with Gasteiger partial charge >= 0.3 is 0 Å². The molecule has 0 amide bonds. The lowest BCUT2D eigenvalue weighted by atomic mass is 9.80. The van der Waals surface area contributed by atoms with Crippen LogP contribution in [0.1, 0.15) is 52.8 Å². The van der Waals surface area contributed by atoms with Crippen LogP contribution >= 0.6 is 22.9 Å². The van der Waals surface area contributed by atoms with E-state index in [1.807, 2.05) is 6.92 Å². The molecule has 0 spiro atoms. The second kappa shape index (κ2) is 5.86. The van der Waals surface area contributed by atoms with Crippen LogP contribution in [0.2, 0.25) is 5.02 Å². The summed E-state index contributed by atoms with van der Waals surface area (Å²) in [7, 11) is 0. The molecule has 1 saturated carbocycles. The number of hydrogen-bond acceptors (Lipinski definition) is 3. The van der Waals surface area contributed by atoms with E-state index in [0.717, 1.165) is 21.4 Å². The number of hydrogen-bond donors (Lipinski definition) is 2. The minimum absolute atomic E-state index is 0.0309. The predicted molar refractivity (Wildman–Crippen MR) is 86.3 cm³/mol. The lowest BCUT2D eigenvalue weighted by molar-refractivity contribution is 0.419. The van der Waals surface area contributed by atoms with Gasteiger partial charge in [-0.25, -0.2) is 5.43 Å². The van der Waals surface area contributed by atoms with E-state index in [9.17, 15) is 0 Å². The molecule has 1 aromatic heterocycles. The van der Waals surface area contributed by atoms with E-state index in [4.69, 9.17) is 17.4 Å². The molecule has 1 aliphatic carbocycles. The first kappa shape index (κ1) is 14.1. The molecule has 3 rings (SSSR count). The Kier molecular flexibility index (Phi) is 4.13. The molecule has 1 aliphatic rings. The van der Waals surface area contributed by atoms with Crippen LogP contribution in [0.25, 0.3) is 0 Å². The Bertz CT molecular complexity index is 587. The van der Waals surface area contributed by atoms with Crippen LogP contribution < -0.4 is 11.3 Å². The normalized spacial score (nSPS) is 16.9. The summed E-state index contributed by atoms with van der Waals surface area (Å²) in [6, 6.07) is 8.78. The van der Waals surface area contributed by atoms with Crippen molar-refractivity contribution < 1.29 is 0 Å². The lowest BCUT2D eigenvalue weighted by Gasteiger charge is -2.26. The largest absolute Gasteiger partial charge is 0.271 e. The Morgan fingerprint density at radius 3 is 2.45 bits per heavy atom. The van der Waals surface area contributed by atoms with Crippen LogP contribution in [0.3, 0.4) is 0 Å². The standard InChI is InChI=1S/C16H19ClN2S/c1-10-9-20-16(14(10)17)15(19-18)13-7-5-12(6-8-13)11-3-2-4-11/h5-9,11,15,19H,2-4,18H2,1H3. The van der Waals surface area contributed by atoms with Crippen LogP contribution in [0, 0.1) is 6.92 Å². The van der Waals surface area contributed by atoms with Crippen LogP contribution in [0.15, 0.2) is 29.6 Å². The van der Waals surface area contributed by atoms with Crippen molar-refractivity contribution in [3.8, 4) is 0 Å². The second-order valence-electron chi connectivity index (χ2n) is 5.49. The fourth-order valence-corrected chi connectivity index (χ4v) is 4.06. The Hall–Kier alpha value is -0.870. The Morgan fingerprint density at radius 1 is 1.30 bits per heavy atom. The molecule has 20 heavy (non-hydrogen) atoms. The van der Waals surface area contributed by atoms with Crippen LogP contribution in [-0.4, -0.2) is 0 Å². The molecule has 2 nitrogen and oxygen atoms in total. The van der Waals surface area contributed by atoms with Crippen molar-refractivity contribution in [3.63, 3.8) is 0 Å².